The Morgan fingerprint density at radius 2 is 1.94 bits per heavy atom. The van der Waals surface area contributed by atoms with Crippen molar-refractivity contribution < 1.29 is 4.79 Å². The Morgan fingerprint density at radius 3 is 2.56 bits per heavy atom. The van der Waals surface area contributed by atoms with Gasteiger partial charge in [-0.1, -0.05) is 0 Å². The number of hydrogen-bond donors (Lipinski definition) is 0. The Hall–Kier alpha value is -1.82. The molecular weight excluding hydrogens is 224 g/mol. The Labute approximate surface area is 96.4 Å². The first-order chi connectivity index (χ1) is 7.78. The number of aryl methyl sites for hydroxylation is 1. The minimum atomic E-state index is 0.453. The standard InChI is InChI=1S/C10H8N4OS/c1-7-2-3-11-10(14-7)16-9-12-4-8(6-15)5-13-9/h2-6H,1H3. The van der Waals surface area contributed by atoms with Crippen LogP contribution >= 0.6 is 11.8 Å². The summed E-state index contributed by atoms with van der Waals surface area (Å²) in [6.45, 7) is 1.89. The van der Waals surface area contributed by atoms with Gasteiger partial charge in [0.05, 0.1) is 5.56 Å². The van der Waals surface area contributed by atoms with Gasteiger partial charge in [0.25, 0.3) is 0 Å². The number of rotatable bonds is 3. The molecule has 0 spiro atoms. The molecule has 2 heterocycles. The summed E-state index contributed by atoms with van der Waals surface area (Å²) in [6, 6.07) is 1.82. The molecule has 6 heteroatoms. The fourth-order valence-corrected chi connectivity index (χ4v) is 1.67. The Balaban J connectivity index is 2.17. The highest BCUT2D eigenvalue weighted by Gasteiger charge is 2.03. The van der Waals surface area contributed by atoms with Crippen molar-refractivity contribution in [3.05, 3.63) is 35.9 Å². The quantitative estimate of drug-likeness (QED) is 0.590. The fourth-order valence-electron chi connectivity index (χ4n) is 0.996. The van der Waals surface area contributed by atoms with Gasteiger partial charge < -0.3 is 0 Å². The van der Waals surface area contributed by atoms with Gasteiger partial charge in [0.1, 0.15) is 0 Å². The minimum Gasteiger partial charge on any atom is -0.298 e. The number of carbonyl (C=O) groups is 1. The molecule has 0 aliphatic carbocycles. The van der Waals surface area contributed by atoms with E-state index in [0.29, 0.717) is 22.2 Å². The highest BCUT2D eigenvalue weighted by atomic mass is 32.2. The number of aromatic nitrogens is 4. The molecule has 2 rings (SSSR count). The van der Waals surface area contributed by atoms with E-state index in [1.54, 1.807) is 6.20 Å². The zero-order valence-electron chi connectivity index (χ0n) is 8.49. The van der Waals surface area contributed by atoms with E-state index in [2.05, 4.69) is 19.9 Å². The summed E-state index contributed by atoms with van der Waals surface area (Å²) in [5, 5.41) is 1.12. The van der Waals surface area contributed by atoms with Crippen LogP contribution in [0.5, 0.6) is 0 Å². The average Bonchev–Trinajstić information content (AvgIpc) is 2.30. The van der Waals surface area contributed by atoms with Crippen LogP contribution in [0, 0.1) is 6.92 Å². The Kier molecular flexibility index (Phi) is 3.21. The van der Waals surface area contributed by atoms with Crippen LogP contribution in [0.3, 0.4) is 0 Å². The molecule has 0 atom stereocenters. The van der Waals surface area contributed by atoms with E-state index in [1.165, 1.54) is 24.2 Å². The zero-order valence-corrected chi connectivity index (χ0v) is 9.31. The maximum atomic E-state index is 10.4. The van der Waals surface area contributed by atoms with E-state index >= 15 is 0 Å². The minimum absolute atomic E-state index is 0.453. The molecule has 0 aromatic carbocycles. The smallest absolute Gasteiger partial charge is 0.195 e. The molecule has 0 bridgehead atoms. The van der Waals surface area contributed by atoms with Gasteiger partial charge in [-0.25, -0.2) is 19.9 Å². The normalized spacial score (nSPS) is 10.1. The maximum absolute atomic E-state index is 10.4. The summed E-state index contributed by atoms with van der Waals surface area (Å²) >= 11 is 1.26. The molecule has 0 unspecified atom stereocenters. The first kappa shape index (κ1) is 10.7. The van der Waals surface area contributed by atoms with Crippen LogP contribution in [0.4, 0.5) is 0 Å². The molecule has 2 aromatic rings. The topological polar surface area (TPSA) is 68.6 Å². The van der Waals surface area contributed by atoms with Crippen LogP contribution in [0.2, 0.25) is 0 Å². The van der Waals surface area contributed by atoms with E-state index in [1.807, 2.05) is 13.0 Å². The van der Waals surface area contributed by atoms with E-state index in [0.717, 1.165) is 5.69 Å². The summed E-state index contributed by atoms with van der Waals surface area (Å²) in [4.78, 5) is 26.7. The third-order valence-corrected chi connectivity index (χ3v) is 2.51. The molecule has 0 aliphatic heterocycles. The molecular formula is C10H8N4OS. The van der Waals surface area contributed by atoms with Crippen molar-refractivity contribution in [2.24, 2.45) is 0 Å². The maximum Gasteiger partial charge on any atom is 0.195 e. The lowest BCUT2D eigenvalue weighted by atomic mass is 10.4. The van der Waals surface area contributed by atoms with Gasteiger partial charge >= 0.3 is 0 Å². The third-order valence-electron chi connectivity index (χ3n) is 1.74. The van der Waals surface area contributed by atoms with Crippen molar-refractivity contribution in [1.29, 1.82) is 0 Å². The summed E-state index contributed by atoms with van der Waals surface area (Å²) in [7, 11) is 0. The van der Waals surface area contributed by atoms with Crippen molar-refractivity contribution in [3.8, 4) is 0 Å². The van der Waals surface area contributed by atoms with Crippen molar-refractivity contribution in [2.75, 3.05) is 0 Å². The largest absolute Gasteiger partial charge is 0.298 e. The first-order valence-corrected chi connectivity index (χ1v) is 5.34. The monoisotopic (exact) mass is 232 g/mol. The van der Waals surface area contributed by atoms with Gasteiger partial charge in [-0.05, 0) is 24.8 Å². The van der Waals surface area contributed by atoms with Crippen LogP contribution in [-0.2, 0) is 0 Å². The molecule has 0 fully saturated rings. The molecule has 0 amide bonds. The predicted octanol–water partition coefficient (Wildman–Crippen LogP) is 1.54. The van der Waals surface area contributed by atoms with Crippen molar-refractivity contribution in [2.45, 2.75) is 17.2 Å². The van der Waals surface area contributed by atoms with E-state index in [9.17, 15) is 4.79 Å². The fraction of sp³-hybridized carbons (Fsp3) is 0.100. The van der Waals surface area contributed by atoms with E-state index < -0.39 is 0 Å². The van der Waals surface area contributed by atoms with Gasteiger partial charge in [-0.2, -0.15) is 0 Å². The molecule has 80 valence electrons. The number of nitrogens with zero attached hydrogens (tertiary/aromatic N) is 4. The van der Waals surface area contributed by atoms with Crippen LogP contribution in [-0.4, -0.2) is 26.2 Å². The lowest BCUT2D eigenvalue weighted by Gasteiger charge is -1.98. The van der Waals surface area contributed by atoms with Gasteiger partial charge in [0.2, 0.25) is 0 Å². The highest BCUT2D eigenvalue weighted by molar-refractivity contribution is 7.99. The predicted molar refractivity (Wildman–Crippen MR) is 58.3 cm³/mol. The number of carbonyl (C=O) groups excluding carboxylic acids is 1. The lowest BCUT2D eigenvalue weighted by Crippen LogP contribution is -1.92. The second-order valence-corrected chi connectivity index (χ2v) is 3.93. The molecule has 0 aliphatic rings. The van der Waals surface area contributed by atoms with Gasteiger partial charge in [-0.15, -0.1) is 0 Å². The van der Waals surface area contributed by atoms with Gasteiger partial charge in [0, 0.05) is 24.3 Å². The van der Waals surface area contributed by atoms with Gasteiger partial charge in [0.15, 0.2) is 16.6 Å². The number of aldehydes is 1. The summed E-state index contributed by atoms with van der Waals surface area (Å²) < 4.78 is 0. The molecule has 0 saturated heterocycles. The molecule has 5 nitrogen and oxygen atoms in total. The number of hydrogen-bond acceptors (Lipinski definition) is 6. The highest BCUT2D eigenvalue weighted by Crippen LogP contribution is 2.19. The molecule has 0 radical (unpaired) electrons. The van der Waals surface area contributed by atoms with Crippen molar-refractivity contribution in [1.82, 2.24) is 19.9 Å². The van der Waals surface area contributed by atoms with E-state index in [4.69, 9.17) is 0 Å². The molecule has 2 aromatic heterocycles. The third kappa shape index (κ3) is 2.60. The molecule has 0 N–H and O–H groups in total. The van der Waals surface area contributed by atoms with E-state index in [-0.39, 0.29) is 0 Å². The van der Waals surface area contributed by atoms with Crippen molar-refractivity contribution in [3.63, 3.8) is 0 Å². The average molecular weight is 232 g/mol. The second kappa shape index (κ2) is 4.80. The zero-order chi connectivity index (χ0) is 11.4. The summed E-state index contributed by atoms with van der Waals surface area (Å²) in [5.74, 6) is 0. The Bertz CT molecular complexity index is 500. The van der Waals surface area contributed by atoms with Gasteiger partial charge in [-0.3, -0.25) is 4.79 Å². The lowest BCUT2D eigenvalue weighted by molar-refractivity contribution is 0.112. The van der Waals surface area contributed by atoms with Crippen LogP contribution < -0.4 is 0 Å². The molecule has 0 saturated carbocycles. The first-order valence-electron chi connectivity index (χ1n) is 4.52. The van der Waals surface area contributed by atoms with Crippen LogP contribution in [0.15, 0.2) is 35.0 Å². The molecule has 16 heavy (non-hydrogen) atoms. The summed E-state index contributed by atoms with van der Waals surface area (Å²) in [6.07, 6.45) is 5.33. The van der Waals surface area contributed by atoms with Crippen molar-refractivity contribution >= 4 is 18.0 Å². The van der Waals surface area contributed by atoms with Crippen LogP contribution in [0.25, 0.3) is 0 Å². The SMILES string of the molecule is Cc1ccnc(Sc2ncc(C=O)cn2)n1. The second-order valence-electron chi connectivity index (χ2n) is 3.00. The van der Waals surface area contributed by atoms with Crippen LogP contribution in [0.1, 0.15) is 16.1 Å². The summed E-state index contributed by atoms with van der Waals surface area (Å²) in [5.41, 5.74) is 1.34. The Morgan fingerprint density at radius 1 is 1.19 bits per heavy atom.